The molecule has 2 aromatic carbocycles. The summed E-state index contributed by atoms with van der Waals surface area (Å²) in [4.78, 5) is 13.1. The number of hydrogen-bond donors (Lipinski definition) is 1. The van der Waals surface area contributed by atoms with Crippen LogP contribution in [0.4, 0.5) is 0 Å². The molecule has 0 saturated carbocycles. The molecular formula is C25H27Cl2NO3. The SMILES string of the molecule is CCc1ccc(Cl)c(C=Cc2ccc3c(c2)OCC32CCN(CCC(=O)O)CC2)c1Cl. The molecule has 4 nitrogen and oxygen atoms in total. The number of ether oxygens (including phenoxy) is 1. The molecule has 2 heterocycles. The minimum absolute atomic E-state index is 0.0410. The highest BCUT2D eigenvalue weighted by Crippen LogP contribution is 2.46. The van der Waals surface area contributed by atoms with Gasteiger partial charge in [0, 0.05) is 28.1 Å². The Morgan fingerprint density at radius 1 is 1.19 bits per heavy atom. The summed E-state index contributed by atoms with van der Waals surface area (Å²) in [6.45, 7) is 5.20. The number of rotatable bonds is 6. The monoisotopic (exact) mass is 459 g/mol. The maximum Gasteiger partial charge on any atom is 0.304 e. The lowest BCUT2D eigenvalue weighted by Gasteiger charge is -2.38. The van der Waals surface area contributed by atoms with E-state index in [-0.39, 0.29) is 11.8 Å². The predicted octanol–water partition coefficient (Wildman–Crippen LogP) is 5.93. The molecule has 164 valence electrons. The molecule has 0 atom stereocenters. The topological polar surface area (TPSA) is 49.8 Å². The number of carboxylic acid groups (broad SMARTS) is 1. The second-order valence-corrected chi connectivity index (χ2v) is 9.22. The highest BCUT2D eigenvalue weighted by atomic mass is 35.5. The Hall–Kier alpha value is -2.01. The van der Waals surface area contributed by atoms with E-state index in [1.54, 1.807) is 0 Å². The average Bonchev–Trinajstić information content (AvgIpc) is 3.11. The number of likely N-dealkylation sites (tertiary alicyclic amines) is 1. The van der Waals surface area contributed by atoms with E-state index in [1.807, 2.05) is 24.3 Å². The zero-order chi connectivity index (χ0) is 22.0. The largest absolute Gasteiger partial charge is 0.492 e. The van der Waals surface area contributed by atoms with E-state index in [9.17, 15) is 4.79 Å². The fourth-order valence-electron chi connectivity index (χ4n) is 4.59. The van der Waals surface area contributed by atoms with Gasteiger partial charge in [-0.3, -0.25) is 4.79 Å². The van der Waals surface area contributed by atoms with Crippen LogP contribution in [0.2, 0.25) is 10.0 Å². The Morgan fingerprint density at radius 3 is 2.68 bits per heavy atom. The molecule has 31 heavy (non-hydrogen) atoms. The van der Waals surface area contributed by atoms with Gasteiger partial charge in [0.1, 0.15) is 5.75 Å². The van der Waals surface area contributed by atoms with Crippen LogP contribution in [0.25, 0.3) is 12.2 Å². The Morgan fingerprint density at radius 2 is 1.97 bits per heavy atom. The molecule has 0 bridgehead atoms. The highest BCUT2D eigenvalue weighted by molar-refractivity contribution is 6.37. The van der Waals surface area contributed by atoms with E-state index in [0.29, 0.717) is 23.2 Å². The molecule has 1 saturated heterocycles. The summed E-state index contributed by atoms with van der Waals surface area (Å²) in [5.74, 6) is 0.208. The van der Waals surface area contributed by atoms with Gasteiger partial charge in [-0.05, 0) is 55.6 Å². The first-order valence-corrected chi connectivity index (χ1v) is 11.5. The maximum absolute atomic E-state index is 10.8. The first-order valence-electron chi connectivity index (χ1n) is 10.8. The molecule has 1 spiro atoms. The quantitative estimate of drug-likeness (QED) is 0.543. The van der Waals surface area contributed by atoms with Crippen LogP contribution in [-0.4, -0.2) is 42.2 Å². The number of nitrogens with zero attached hydrogens (tertiary/aromatic N) is 1. The van der Waals surface area contributed by atoms with E-state index in [0.717, 1.165) is 54.8 Å². The zero-order valence-corrected chi connectivity index (χ0v) is 19.2. The van der Waals surface area contributed by atoms with Gasteiger partial charge in [-0.2, -0.15) is 0 Å². The van der Waals surface area contributed by atoms with Crippen molar-refractivity contribution in [3.63, 3.8) is 0 Å². The Bertz CT molecular complexity index is 1010. The summed E-state index contributed by atoms with van der Waals surface area (Å²) in [7, 11) is 0. The number of carbonyl (C=O) groups is 1. The molecule has 2 aromatic rings. The normalized spacial score (nSPS) is 17.8. The molecule has 0 aromatic heterocycles. The van der Waals surface area contributed by atoms with Gasteiger partial charge >= 0.3 is 5.97 Å². The summed E-state index contributed by atoms with van der Waals surface area (Å²) in [5, 5.41) is 10.3. The van der Waals surface area contributed by atoms with Crippen molar-refractivity contribution in [3.8, 4) is 5.75 Å². The van der Waals surface area contributed by atoms with E-state index < -0.39 is 5.97 Å². The molecule has 2 aliphatic rings. The van der Waals surface area contributed by atoms with Crippen molar-refractivity contribution in [2.75, 3.05) is 26.2 Å². The van der Waals surface area contributed by atoms with Gasteiger partial charge in [0.05, 0.1) is 18.1 Å². The highest BCUT2D eigenvalue weighted by Gasteiger charge is 2.42. The van der Waals surface area contributed by atoms with Crippen molar-refractivity contribution < 1.29 is 14.6 Å². The van der Waals surface area contributed by atoms with Crippen molar-refractivity contribution >= 4 is 41.3 Å². The van der Waals surface area contributed by atoms with Crippen LogP contribution in [0, 0.1) is 0 Å². The summed E-state index contributed by atoms with van der Waals surface area (Å²) >= 11 is 12.9. The number of aliphatic carboxylic acids is 1. The summed E-state index contributed by atoms with van der Waals surface area (Å²) < 4.78 is 6.10. The van der Waals surface area contributed by atoms with Crippen LogP contribution in [0.3, 0.4) is 0 Å². The Kier molecular flexibility index (Phi) is 6.61. The van der Waals surface area contributed by atoms with Gasteiger partial charge in [-0.15, -0.1) is 0 Å². The third-order valence-corrected chi connectivity index (χ3v) is 7.34. The second kappa shape index (κ2) is 9.23. The van der Waals surface area contributed by atoms with Gasteiger partial charge in [0.25, 0.3) is 0 Å². The minimum atomic E-state index is -0.737. The Balaban J connectivity index is 1.49. The fraction of sp³-hybridized carbons (Fsp3) is 0.400. The van der Waals surface area contributed by atoms with Crippen LogP contribution < -0.4 is 4.74 Å². The van der Waals surface area contributed by atoms with Crippen LogP contribution >= 0.6 is 23.2 Å². The molecule has 0 radical (unpaired) electrons. The van der Waals surface area contributed by atoms with E-state index in [1.165, 1.54) is 5.56 Å². The number of halogens is 2. The number of hydrogen-bond acceptors (Lipinski definition) is 3. The molecule has 1 fully saturated rings. The van der Waals surface area contributed by atoms with Gasteiger partial charge in [0.15, 0.2) is 0 Å². The molecule has 6 heteroatoms. The minimum Gasteiger partial charge on any atom is -0.492 e. The first-order chi connectivity index (χ1) is 14.9. The second-order valence-electron chi connectivity index (χ2n) is 8.43. The number of fused-ring (bicyclic) bond motifs is 2. The molecule has 4 rings (SSSR count). The fourth-order valence-corrected chi connectivity index (χ4v) is 5.22. The van der Waals surface area contributed by atoms with E-state index in [4.69, 9.17) is 33.0 Å². The summed E-state index contributed by atoms with van der Waals surface area (Å²) in [6, 6.07) is 10.2. The summed E-state index contributed by atoms with van der Waals surface area (Å²) in [5.41, 5.74) is 4.28. The van der Waals surface area contributed by atoms with Crippen molar-refractivity contribution in [2.45, 2.75) is 38.0 Å². The van der Waals surface area contributed by atoms with Crippen molar-refractivity contribution in [2.24, 2.45) is 0 Å². The molecule has 0 aliphatic carbocycles. The van der Waals surface area contributed by atoms with E-state index >= 15 is 0 Å². The zero-order valence-electron chi connectivity index (χ0n) is 17.7. The molecule has 1 N–H and O–H groups in total. The van der Waals surface area contributed by atoms with Crippen LogP contribution in [0.15, 0.2) is 30.3 Å². The van der Waals surface area contributed by atoms with Gasteiger partial charge in [-0.25, -0.2) is 0 Å². The lowest BCUT2D eigenvalue weighted by Crippen LogP contribution is -2.44. The van der Waals surface area contributed by atoms with E-state index in [2.05, 4.69) is 30.0 Å². The van der Waals surface area contributed by atoms with Gasteiger partial charge in [0.2, 0.25) is 0 Å². The number of aryl methyl sites for hydroxylation is 1. The molecule has 0 unspecified atom stereocenters. The Labute approximate surface area is 193 Å². The lowest BCUT2D eigenvalue weighted by molar-refractivity contribution is -0.137. The third kappa shape index (κ3) is 4.62. The summed E-state index contributed by atoms with van der Waals surface area (Å²) in [6.07, 6.45) is 7.03. The standard InChI is InChI=1S/C25H27Cl2NO3/c1-2-18-5-8-21(26)19(24(18)27)6-3-17-4-7-20-22(15-17)31-16-25(20)10-13-28(14-11-25)12-9-23(29)30/h3-8,15H,2,9-14,16H2,1H3,(H,29,30). The average molecular weight is 460 g/mol. The van der Waals surface area contributed by atoms with Crippen LogP contribution in [0.5, 0.6) is 5.75 Å². The molecular weight excluding hydrogens is 433 g/mol. The molecule has 0 amide bonds. The number of piperidine rings is 1. The smallest absolute Gasteiger partial charge is 0.304 e. The molecule has 2 aliphatic heterocycles. The maximum atomic E-state index is 10.8. The van der Waals surface area contributed by atoms with Crippen molar-refractivity contribution in [1.82, 2.24) is 4.90 Å². The lowest BCUT2D eigenvalue weighted by atomic mass is 9.74. The number of carboxylic acids is 1. The van der Waals surface area contributed by atoms with Crippen molar-refractivity contribution in [1.29, 1.82) is 0 Å². The number of benzene rings is 2. The van der Waals surface area contributed by atoms with Crippen LogP contribution in [0.1, 0.15) is 48.4 Å². The van der Waals surface area contributed by atoms with Crippen molar-refractivity contribution in [3.05, 3.63) is 62.6 Å². The van der Waals surface area contributed by atoms with Gasteiger partial charge in [-0.1, -0.05) is 60.5 Å². The third-order valence-electron chi connectivity index (χ3n) is 6.57. The first kappa shape index (κ1) is 22.2. The van der Waals surface area contributed by atoms with Gasteiger partial charge < -0.3 is 14.7 Å². The van der Waals surface area contributed by atoms with Crippen LogP contribution in [-0.2, 0) is 16.6 Å². The predicted molar refractivity (Wildman–Crippen MR) is 126 cm³/mol.